The van der Waals surface area contributed by atoms with E-state index < -0.39 is 0 Å². The van der Waals surface area contributed by atoms with Crippen LogP contribution in [-0.4, -0.2) is 18.5 Å². The molecule has 0 saturated heterocycles. The standard InChI is InChI=1S/C7H6Br2N2.C2H6.CH5N/c1-3-2-4(8)6(10)7(11)5(3)9;2*1-2/h2,10-11H,1H3;1-2H3;2H2,1H3. The quantitative estimate of drug-likeness (QED) is 0.580. The monoisotopic (exact) mass is 337 g/mol. The summed E-state index contributed by atoms with van der Waals surface area (Å²) >= 11 is 6.44. The molecule has 3 nitrogen and oxygen atoms in total. The number of halogens is 2. The molecule has 0 aromatic carbocycles. The third-order valence-corrected chi connectivity index (χ3v) is 3.05. The van der Waals surface area contributed by atoms with Crippen molar-refractivity contribution < 1.29 is 0 Å². The molecule has 0 saturated carbocycles. The van der Waals surface area contributed by atoms with Crippen LogP contribution >= 0.6 is 31.9 Å². The van der Waals surface area contributed by atoms with E-state index in [0.29, 0.717) is 8.96 Å². The molecule has 0 radical (unpaired) electrons. The minimum Gasteiger partial charge on any atom is -0.333 e. The van der Waals surface area contributed by atoms with Crippen LogP contribution in [0.15, 0.2) is 20.6 Å². The summed E-state index contributed by atoms with van der Waals surface area (Å²) in [4.78, 5) is 0. The van der Waals surface area contributed by atoms with Crippen molar-refractivity contribution in [1.29, 1.82) is 10.8 Å². The third-order valence-electron chi connectivity index (χ3n) is 1.40. The molecule has 15 heavy (non-hydrogen) atoms. The Kier molecular flexibility index (Phi) is 10.3. The number of rotatable bonds is 0. The molecule has 0 bridgehead atoms. The number of nitrogens with two attached hydrogens (primary N) is 1. The smallest absolute Gasteiger partial charge is 0.0945 e. The summed E-state index contributed by atoms with van der Waals surface area (Å²) in [6.07, 6.45) is 1.82. The Bertz CT molecular complexity index is 300. The van der Waals surface area contributed by atoms with Crippen LogP contribution in [0.3, 0.4) is 0 Å². The molecule has 0 aromatic heterocycles. The van der Waals surface area contributed by atoms with Crippen molar-refractivity contribution in [3.8, 4) is 0 Å². The van der Waals surface area contributed by atoms with Crippen molar-refractivity contribution in [2.24, 2.45) is 5.73 Å². The van der Waals surface area contributed by atoms with Crippen molar-refractivity contribution in [2.45, 2.75) is 20.8 Å². The van der Waals surface area contributed by atoms with Gasteiger partial charge in [0.25, 0.3) is 0 Å². The van der Waals surface area contributed by atoms with Gasteiger partial charge in [0.2, 0.25) is 0 Å². The van der Waals surface area contributed by atoms with E-state index in [2.05, 4.69) is 37.6 Å². The topological polar surface area (TPSA) is 73.7 Å². The largest absolute Gasteiger partial charge is 0.333 e. The van der Waals surface area contributed by atoms with E-state index in [0.717, 1.165) is 5.57 Å². The maximum atomic E-state index is 7.46. The van der Waals surface area contributed by atoms with Gasteiger partial charge >= 0.3 is 0 Å². The zero-order valence-corrected chi connectivity index (χ0v) is 12.6. The van der Waals surface area contributed by atoms with E-state index in [9.17, 15) is 0 Å². The first kappa shape index (κ1) is 17.1. The summed E-state index contributed by atoms with van der Waals surface area (Å²) in [6, 6.07) is 0. The molecule has 0 spiro atoms. The van der Waals surface area contributed by atoms with Gasteiger partial charge in [0.15, 0.2) is 0 Å². The molecule has 86 valence electrons. The fourth-order valence-corrected chi connectivity index (χ4v) is 1.61. The predicted molar refractivity (Wildman–Crippen MR) is 75.5 cm³/mol. The van der Waals surface area contributed by atoms with Gasteiger partial charge in [0.05, 0.1) is 11.4 Å². The summed E-state index contributed by atoms with van der Waals surface area (Å²) in [5.74, 6) is 0. The minimum atomic E-state index is 0.225. The molecule has 0 atom stereocenters. The molecule has 1 aliphatic rings. The van der Waals surface area contributed by atoms with Gasteiger partial charge in [-0.2, -0.15) is 0 Å². The van der Waals surface area contributed by atoms with Gasteiger partial charge < -0.3 is 5.73 Å². The third kappa shape index (κ3) is 4.86. The first-order valence-electron chi connectivity index (χ1n) is 4.53. The van der Waals surface area contributed by atoms with Gasteiger partial charge in [0, 0.05) is 8.96 Å². The number of allylic oxidation sites excluding steroid dienone is 4. The average molecular weight is 339 g/mol. The second-order valence-corrected chi connectivity index (χ2v) is 3.89. The van der Waals surface area contributed by atoms with E-state index in [-0.39, 0.29) is 11.4 Å². The Balaban J connectivity index is 0. The van der Waals surface area contributed by atoms with Crippen LogP contribution in [0.5, 0.6) is 0 Å². The molecule has 0 amide bonds. The van der Waals surface area contributed by atoms with Gasteiger partial charge in [0.1, 0.15) is 0 Å². The molecule has 5 heteroatoms. The van der Waals surface area contributed by atoms with Gasteiger partial charge in [-0.3, -0.25) is 10.8 Å². The average Bonchev–Trinajstić information content (AvgIpc) is 2.29. The van der Waals surface area contributed by atoms with E-state index in [4.69, 9.17) is 10.8 Å². The molecule has 1 aliphatic carbocycles. The van der Waals surface area contributed by atoms with Crippen LogP contribution in [0.2, 0.25) is 0 Å². The Morgan fingerprint density at radius 2 is 1.47 bits per heavy atom. The van der Waals surface area contributed by atoms with Crippen molar-refractivity contribution in [2.75, 3.05) is 7.05 Å². The summed E-state index contributed by atoms with van der Waals surface area (Å²) in [7, 11) is 1.50. The molecule has 0 heterocycles. The maximum Gasteiger partial charge on any atom is 0.0945 e. The van der Waals surface area contributed by atoms with Crippen LogP contribution in [0, 0.1) is 10.8 Å². The van der Waals surface area contributed by atoms with Gasteiger partial charge in [-0.05, 0) is 57.5 Å². The number of nitrogens with one attached hydrogen (secondary N) is 2. The Morgan fingerprint density at radius 3 is 1.87 bits per heavy atom. The zero-order chi connectivity index (χ0) is 12.6. The Hall–Kier alpha value is -0.260. The highest BCUT2D eigenvalue weighted by molar-refractivity contribution is 9.12. The molecular weight excluding hydrogens is 322 g/mol. The second-order valence-electron chi connectivity index (χ2n) is 2.24. The predicted octanol–water partition coefficient (Wildman–Crippen LogP) is 3.59. The molecule has 4 N–H and O–H groups in total. The highest BCUT2D eigenvalue weighted by Gasteiger charge is 2.17. The van der Waals surface area contributed by atoms with E-state index >= 15 is 0 Å². The molecule has 0 fully saturated rings. The molecule has 1 rings (SSSR count). The normalized spacial score (nSPS) is 14.7. The molecule has 0 unspecified atom stereocenters. The van der Waals surface area contributed by atoms with Crippen molar-refractivity contribution in [3.63, 3.8) is 0 Å². The lowest BCUT2D eigenvalue weighted by atomic mass is 10.1. The van der Waals surface area contributed by atoms with Crippen LogP contribution in [0.25, 0.3) is 0 Å². The molecule has 0 aliphatic heterocycles. The SMILES string of the molecule is CC.CC1=C(Br)C(=N)C(=N)C(Br)=C1.CN. The molecule has 0 aromatic rings. The summed E-state index contributed by atoms with van der Waals surface area (Å²) in [6.45, 7) is 5.90. The number of hydrogen-bond acceptors (Lipinski definition) is 3. The first-order valence-corrected chi connectivity index (χ1v) is 6.12. The van der Waals surface area contributed by atoms with Crippen molar-refractivity contribution in [3.05, 3.63) is 20.6 Å². The Labute approximate surface area is 108 Å². The lowest BCUT2D eigenvalue weighted by molar-refractivity contribution is 1.43. The van der Waals surface area contributed by atoms with Crippen LogP contribution < -0.4 is 5.73 Å². The van der Waals surface area contributed by atoms with Crippen LogP contribution in [0.1, 0.15) is 20.8 Å². The van der Waals surface area contributed by atoms with E-state index in [1.165, 1.54) is 7.05 Å². The van der Waals surface area contributed by atoms with Crippen LogP contribution in [0.4, 0.5) is 0 Å². The maximum absolute atomic E-state index is 7.46. The fraction of sp³-hybridized carbons (Fsp3) is 0.400. The van der Waals surface area contributed by atoms with Gasteiger partial charge in [-0.1, -0.05) is 13.8 Å². The van der Waals surface area contributed by atoms with Gasteiger partial charge in [-0.15, -0.1) is 0 Å². The van der Waals surface area contributed by atoms with Gasteiger partial charge in [-0.25, -0.2) is 0 Å². The minimum absolute atomic E-state index is 0.225. The van der Waals surface area contributed by atoms with Crippen molar-refractivity contribution >= 4 is 43.3 Å². The highest BCUT2D eigenvalue weighted by Crippen LogP contribution is 2.25. The van der Waals surface area contributed by atoms with E-state index in [1.807, 2.05) is 26.8 Å². The fourth-order valence-electron chi connectivity index (χ4n) is 0.752. The Morgan fingerprint density at radius 1 is 1.07 bits per heavy atom. The zero-order valence-electron chi connectivity index (χ0n) is 9.41. The highest BCUT2D eigenvalue weighted by atomic mass is 79.9. The number of hydrogen-bond donors (Lipinski definition) is 3. The summed E-state index contributed by atoms with van der Waals surface area (Å²) < 4.78 is 1.37. The van der Waals surface area contributed by atoms with Crippen molar-refractivity contribution in [1.82, 2.24) is 0 Å². The lowest BCUT2D eigenvalue weighted by Gasteiger charge is -2.12. The lowest BCUT2D eigenvalue weighted by Crippen LogP contribution is -2.16. The summed E-state index contributed by atoms with van der Waals surface area (Å²) in [5, 5.41) is 14.9. The second kappa shape index (κ2) is 9.00. The molecular formula is C10H17Br2N3. The van der Waals surface area contributed by atoms with E-state index in [1.54, 1.807) is 0 Å². The summed E-state index contributed by atoms with van der Waals surface area (Å²) in [5.41, 5.74) is 5.93. The van der Waals surface area contributed by atoms with Crippen LogP contribution in [-0.2, 0) is 0 Å². The first-order chi connectivity index (χ1) is 7.04.